The quantitative estimate of drug-likeness (QED) is 0.407. The van der Waals surface area contributed by atoms with Gasteiger partial charge in [-0.05, 0) is 30.3 Å². The van der Waals surface area contributed by atoms with E-state index in [-0.39, 0.29) is 11.7 Å². The molecule has 0 saturated heterocycles. The second-order valence-corrected chi connectivity index (χ2v) is 7.87. The highest BCUT2D eigenvalue weighted by Crippen LogP contribution is 2.25. The van der Waals surface area contributed by atoms with Crippen LogP contribution in [0.5, 0.6) is 0 Å². The predicted molar refractivity (Wildman–Crippen MR) is 115 cm³/mol. The summed E-state index contributed by atoms with van der Waals surface area (Å²) in [6.07, 6.45) is 6.36. The first-order valence-corrected chi connectivity index (χ1v) is 10.4. The lowest BCUT2D eigenvalue weighted by molar-refractivity contribution is -0.113. The number of thioether (sulfide) groups is 1. The van der Waals surface area contributed by atoms with Crippen LogP contribution >= 0.6 is 35.0 Å². The minimum Gasteiger partial charge on any atom is -0.467 e. The fourth-order valence-corrected chi connectivity index (χ4v) is 3.92. The molecule has 1 amide bonds. The number of carbonyl (C=O) groups excluding carboxylic acids is 1. The highest BCUT2D eigenvalue weighted by Gasteiger charge is 2.18. The van der Waals surface area contributed by atoms with Crippen molar-refractivity contribution in [3.05, 3.63) is 71.0 Å². The van der Waals surface area contributed by atoms with Crippen molar-refractivity contribution in [2.45, 2.75) is 11.7 Å². The number of nitrogens with zero attached hydrogens (tertiary/aromatic N) is 5. The molecule has 0 radical (unpaired) electrons. The van der Waals surface area contributed by atoms with Crippen LogP contribution in [0.15, 0.2) is 64.8 Å². The summed E-state index contributed by atoms with van der Waals surface area (Å²) in [5.41, 5.74) is 1.09. The molecule has 30 heavy (non-hydrogen) atoms. The Balaban J connectivity index is 1.52. The molecular formula is C19H14Cl2N6O2S. The van der Waals surface area contributed by atoms with E-state index in [4.69, 9.17) is 27.6 Å². The largest absolute Gasteiger partial charge is 0.467 e. The summed E-state index contributed by atoms with van der Waals surface area (Å²) < 4.78 is 7.28. The molecule has 0 saturated carbocycles. The predicted octanol–water partition coefficient (Wildman–Crippen LogP) is 4.41. The lowest BCUT2D eigenvalue weighted by Crippen LogP contribution is -2.15. The SMILES string of the molecule is O=C(CSc1nnc(-c2cnccn2)n1Cc1ccco1)Nc1cc(Cl)cc(Cl)c1. The zero-order chi connectivity index (χ0) is 20.9. The number of rotatable bonds is 7. The van der Waals surface area contributed by atoms with E-state index in [0.29, 0.717) is 39.0 Å². The third-order valence-corrected chi connectivity index (χ3v) is 5.29. The molecule has 3 heterocycles. The fourth-order valence-electron chi connectivity index (χ4n) is 2.65. The first-order chi connectivity index (χ1) is 14.6. The number of anilines is 1. The van der Waals surface area contributed by atoms with Crippen molar-refractivity contribution < 1.29 is 9.21 Å². The number of aromatic nitrogens is 5. The minimum atomic E-state index is -0.230. The molecule has 1 aromatic carbocycles. The van der Waals surface area contributed by atoms with Gasteiger partial charge in [-0.1, -0.05) is 35.0 Å². The summed E-state index contributed by atoms with van der Waals surface area (Å²) in [7, 11) is 0. The van der Waals surface area contributed by atoms with Crippen LogP contribution in [0.1, 0.15) is 5.76 Å². The molecule has 0 spiro atoms. The van der Waals surface area contributed by atoms with Gasteiger partial charge in [0.25, 0.3) is 0 Å². The number of amides is 1. The number of hydrogen-bond donors (Lipinski definition) is 1. The van der Waals surface area contributed by atoms with Crippen molar-refractivity contribution in [1.82, 2.24) is 24.7 Å². The summed E-state index contributed by atoms with van der Waals surface area (Å²) in [5.74, 6) is 1.14. The molecule has 1 N–H and O–H groups in total. The van der Waals surface area contributed by atoms with Gasteiger partial charge in [-0.2, -0.15) is 0 Å². The minimum absolute atomic E-state index is 0.112. The van der Waals surface area contributed by atoms with Crippen molar-refractivity contribution in [1.29, 1.82) is 0 Å². The molecule has 152 valence electrons. The second kappa shape index (κ2) is 9.29. The van der Waals surface area contributed by atoms with Crippen LogP contribution in [0.25, 0.3) is 11.5 Å². The average Bonchev–Trinajstić information content (AvgIpc) is 3.37. The zero-order valence-corrected chi connectivity index (χ0v) is 17.7. The number of hydrogen-bond acceptors (Lipinski definition) is 7. The Bertz CT molecular complexity index is 1130. The zero-order valence-electron chi connectivity index (χ0n) is 15.3. The van der Waals surface area contributed by atoms with Crippen molar-refractivity contribution in [2.75, 3.05) is 11.1 Å². The highest BCUT2D eigenvalue weighted by molar-refractivity contribution is 7.99. The van der Waals surface area contributed by atoms with E-state index in [1.807, 2.05) is 10.6 Å². The molecule has 0 fully saturated rings. The standard InChI is InChI=1S/C19H14Cl2N6O2S/c20-12-6-13(21)8-14(7-12)24-17(28)11-30-19-26-25-18(16-9-22-3-4-23-16)27(19)10-15-2-1-5-29-15/h1-9H,10-11H2,(H,24,28). The van der Waals surface area contributed by atoms with Crippen LogP contribution in [0, 0.1) is 0 Å². The summed E-state index contributed by atoms with van der Waals surface area (Å²) >= 11 is 13.2. The third kappa shape index (κ3) is 4.99. The molecule has 4 aromatic rings. The Labute approximate surface area is 185 Å². The molecule has 4 rings (SSSR count). The molecule has 0 unspecified atom stereocenters. The number of halogens is 2. The van der Waals surface area contributed by atoms with Gasteiger partial charge in [0, 0.05) is 28.1 Å². The van der Waals surface area contributed by atoms with E-state index in [0.717, 1.165) is 5.76 Å². The van der Waals surface area contributed by atoms with E-state index in [2.05, 4.69) is 25.5 Å². The Morgan fingerprint density at radius 2 is 2.00 bits per heavy atom. The van der Waals surface area contributed by atoms with E-state index >= 15 is 0 Å². The summed E-state index contributed by atoms with van der Waals surface area (Å²) in [6.45, 7) is 0.389. The number of benzene rings is 1. The van der Waals surface area contributed by atoms with E-state index in [1.165, 1.54) is 11.8 Å². The van der Waals surface area contributed by atoms with Crippen LogP contribution in [0.3, 0.4) is 0 Å². The average molecular weight is 461 g/mol. The third-order valence-electron chi connectivity index (χ3n) is 3.88. The Hall–Kier alpha value is -2.88. The monoisotopic (exact) mass is 460 g/mol. The lowest BCUT2D eigenvalue weighted by atomic mass is 10.3. The first kappa shape index (κ1) is 20.4. The molecule has 3 aromatic heterocycles. The smallest absolute Gasteiger partial charge is 0.234 e. The molecule has 8 nitrogen and oxygen atoms in total. The summed E-state index contributed by atoms with van der Waals surface area (Å²) in [4.78, 5) is 20.8. The van der Waals surface area contributed by atoms with E-state index in [1.54, 1.807) is 49.1 Å². The molecule has 0 aliphatic heterocycles. The number of furan rings is 1. The van der Waals surface area contributed by atoms with Crippen LogP contribution in [0.2, 0.25) is 10.0 Å². The van der Waals surface area contributed by atoms with Gasteiger partial charge in [0.1, 0.15) is 11.5 Å². The van der Waals surface area contributed by atoms with Gasteiger partial charge in [0.2, 0.25) is 5.91 Å². The molecular weight excluding hydrogens is 447 g/mol. The maximum absolute atomic E-state index is 12.4. The van der Waals surface area contributed by atoms with Gasteiger partial charge in [-0.15, -0.1) is 10.2 Å². The van der Waals surface area contributed by atoms with E-state index in [9.17, 15) is 4.79 Å². The topological polar surface area (TPSA) is 98.7 Å². The van der Waals surface area contributed by atoms with Crippen molar-refractivity contribution in [2.24, 2.45) is 0 Å². The Morgan fingerprint density at radius 3 is 2.70 bits per heavy atom. The van der Waals surface area contributed by atoms with Gasteiger partial charge in [-0.25, -0.2) is 4.98 Å². The molecule has 0 aliphatic carbocycles. The fraction of sp³-hybridized carbons (Fsp3) is 0.105. The highest BCUT2D eigenvalue weighted by atomic mass is 35.5. The van der Waals surface area contributed by atoms with Gasteiger partial charge < -0.3 is 9.73 Å². The van der Waals surface area contributed by atoms with Gasteiger partial charge in [0.15, 0.2) is 11.0 Å². The number of nitrogens with one attached hydrogen (secondary N) is 1. The van der Waals surface area contributed by atoms with E-state index < -0.39 is 0 Å². The van der Waals surface area contributed by atoms with Gasteiger partial charge >= 0.3 is 0 Å². The molecule has 0 atom stereocenters. The molecule has 0 aliphatic rings. The van der Waals surface area contributed by atoms with Crippen molar-refractivity contribution in [3.63, 3.8) is 0 Å². The summed E-state index contributed by atoms with van der Waals surface area (Å²) in [6, 6.07) is 8.50. The second-order valence-electron chi connectivity index (χ2n) is 6.06. The lowest BCUT2D eigenvalue weighted by Gasteiger charge is -2.09. The number of carbonyl (C=O) groups is 1. The molecule has 0 bridgehead atoms. The maximum atomic E-state index is 12.4. The molecule has 11 heteroatoms. The van der Waals surface area contributed by atoms with Gasteiger partial charge in [-0.3, -0.25) is 14.3 Å². The van der Waals surface area contributed by atoms with Crippen LogP contribution in [-0.4, -0.2) is 36.4 Å². The van der Waals surface area contributed by atoms with Crippen molar-refractivity contribution in [3.8, 4) is 11.5 Å². The Morgan fingerprint density at radius 1 is 1.17 bits per heavy atom. The van der Waals surface area contributed by atoms with Crippen molar-refractivity contribution >= 4 is 46.6 Å². The van der Waals surface area contributed by atoms with Crippen LogP contribution in [0.4, 0.5) is 5.69 Å². The Kier molecular flexibility index (Phi) is 6.32. The maximum Gasteiger partial charge on any atom is 0.234 e. The van der Waals surface area contributed by atoms with Gasteiger partial charge in [0.05, 0.1) is 24.8 Å². The van der Waals surface area contributed by atoms with Crippen LogP contribution in [-0.2, 0) is 11.3 Å². The first-order valence-electron chi connectivity index (χ1n) is 8.69. The van der Waals surface area contributed by atoms with Crippen LogP contribution < -0.4 is 5.32 Å². The normalized spacial score (nSPS) is 10.9. The summed E-state index contributed by atoms with van der Waals surface area (Å²) in [5, 5.41) is 12.7.